The number of benzene rings is 1. The molecule has 0 aromatic heterocycles. The third-order valence-electron chi connectivity index (χ3n) is 3.58. The van der Waals surface area contributed by atoms with Gasteiger partial charge in [-0.05, 0) is 31.0 Å². The number of nitrogen functional groups attached to an aromatic ring is 2. The van der Waals surface area contributed by atoms with Crippen molar-refractivity contribution in [1.82, 2.24) is 0 Å². The van der Waals surface area contributed by atoms with Crippen LogP contribution in [0.25, 0.3) is 0 Å². The van der Waals surface area contributed by atoms with Crippen molar-refractivity contribution in [3.8, 4) is 0 Å². The second-order valence-corrected chi connectivity index (χ2v) is 5.10. The van der Waals surface area contributed by atoms with Crippen molar-refractivity contribution in [3.05, 3.63) is 18.2 Å². The molecule has 4 heteroatoms. The van der Waals surface area contributed by atoms with Gasteiger partial charge in [-0.1, -0.05) is 12.8 Å². The molecule has 1 aliphatic rings. The summed E-state index contributed by atoms with van der Waals surface area (Å²) < 4.78 is 0. The highest BCUT2D eigenvalue weighted by Gasteiger charge is 2.32. The second-order valence-electron chi connectivity index (χ2n) is 5.10. The van der Waals surface area contributed by atoms with Gasteiger partial charge in [0.2, 0.25) is 0 Å². The smallest absolute Gasteiger partial charge is 0.0821 e. The van der Waals surface area contributed by atoms with Crippen LogP contribution in [0.5, 0.6) is 0 Å². The van der Waals surface area contributed by atoms with Crippen LogP contribution in [-0.2, 0) is 0 Å². The molecule has 0 aliphatic heterocycles. The van der Waals surface area contributed by atoms with Gasteiger partial charge in [-0.2, -0.15) is 0 Å². The number of likely N-dealkylation sites (N-methyl/N-ethyl adjacent to an activating group) is 1. The van der Waals surface area contributed by atoms with Crippen LogP contribution in [0.1, 0.15) is 25.7 Å². The third kappa shape index (κ3) is 2.64. The van der Waals surface area contributed by atoms with Gasteiger partial charge in [-0.3, -0.25) is 0 Å². The first-order chi connectivity index (χ1) is 8.00. The average molecular weight is 235 g/mol. The van der Waals surface area contributed by atoms with E-state index in [0.29, 0.717) is 17.9 Å². The van der Waals surface area contributed by atoms with Gasteiger partial charge in [-0.15, -0.1) is 0 Å². The lowest BCUT2D eigenvalue weighted by atomic mass is 10.0. The number of anilines is 3. The lowest BCUT2D eigenvalue weighted by molar-refractivity contribution is 0.0559. The van der Waals surface area contributed by atoms with Gasteiger partial charge in [0.05, 0.1) is 17.0 Å². The van der Waals surface area contributed by atoms with Crippen LogP contribution in [0.3, 0.4) is 0 Å². The van der Waals surface area contributed by atoms with E-state index in [4.69, 9.17) is 11.5 Å². The Labute approximate surface area is 102 Å². The molecule has 0 heterocycles. The molecular weight excluding hydrogens is 214 g/mol. The maximum absolute atomic E-state index is 10.3. The minimum absolute atomic E-state index is 0.537. The van der Waals surface area contributed by atoms with Crippen molar-refractivity contribution < 1.29 is 5.11 Å². The van der Waals surface area contributed by atoms with E-state index in [1.807, 2.05) is 24.1 Å². The molecule has 1 aromatic carbocycles. The fourth-order valence-corrected chi connectivity index (χ4v) is 2.52. The summed E-state index contributed by atoms with van der Waals surface area (Å²) in [5.74, 6) is 0. The number of rotatable bonds is 3. The van der Waals surface area contributed by atoms with Gasteiger partial charge < -0.3 is 21.5 Å². The Kier molecular flexibility index (Phi) is 3.15. The molecular formula is C13H21N3O. The lowest BCUT2D eigenvalue weighted by Gasteiger charge is -2.30. The Bertz CT molecular complexity index is 400. The highest BCUT2D eigenvalue weighted by atomic mass is 16.3. The van der Waals surface area contributed by atoms with Gasteiger partial charge in [-0.25, -0.2) is 0 Å². The topological polar surface area (TPSA) is 75.5 Å². The van der Waals surface area contributed by atoms with Gasteiger partial charge >= 0.3 is 0 Å². The summed E-state index contributed by atoms with van der Waals surface area (Å²) in [6.45, 7) is 0.649. The summed E-state index contributed by atoms with van der Waals surface area (Å²) in [5, 5.41) is 10.3. The van der Waals surface area contributed by atoms with Gasteiger partial charge in [0.25, 0.3) is 0 Å². The van der Waals surface area contributed by atoms with E-state index in [1.54, 1.807) is 6.07 Å². The zero-order chi connectivity index (χ0) is 12.5. The zero-order valence-corrected chi connectivity index (χ0v) is 10.3. The van der Waals surface area contributed by atoms with Crippen LogP contribution in [0.2, 0.25) is 0 Å². The maximum atomic E-state index is 10.3. The zero-order valence-electron chi connectivity index (χ0n) is 10.3. The summed E-state index contributed by atoms with van der Waals surface area (Å²) in [6, 6.07) is 5.59. The van der Waals surface area contributed by atoms with E-state index < -0.39 is 5.60 Å². The molecule has 17 heavy (non-hydrogen) atoms. The normalized spacial score (nSPS) is 18.2. The number of nitrogens with two attached hydrogens (primary N) is 2. The molecule has 1 aliphatic carbocycles. The Morgan fingerprint density at radius 3 is 2.47 bits per heavy atom. The molecule has 0 radical (unpaired) electrons. The van der Waals surface area contributed by atoms with Crippen LogP contribution < -0.4 is 16.4 Å². The van der Waals surface area contributed by atoms with E-state index in [2.05, 4.69) is 0 Å². The maximum Gasteiger partial charge on any atom is 0.0821 e. The highest BCUT2D eigenvalue weighted by molar-refractivity contribution is 5.69. The Morgan fingerprint density at radius 1 is 1.24 bits per heavy atom. The molecule has 0 bridgehead atoms. The fraction of sp³-hybridized carbons (Fsp3) is 0.538. The molecule has 1 aromatic rings. The van der Waals surface area contributed by atoms with Gasteiger partial charge in [0.1, 0.15) is 0 Å². The van der Waals surface area contributed by atoms with Crippen molar-refractivity contribution in [3.63, 3.8) is 0 Å². The molecule has 0 amide bonds. The largest absolute Gasteiger partial charge is 0.397 e. The molecule has 0 unspecified atom stereocenters. The van der Waals surface area contributed by atoms with Crippen LogP contribution in [0, 0.1) is 0 Å². The predicted octanol–water partition coefficient (Wildman–Crippen LogP) is 1.59. The van der Waals surface area contributed by atoms with Crippen LogP contribution >= 0.6 is 0 Å². The monoisotopic (exact) mass is 235 g/mol. The Morgan fingerprint density at radius 2 is 1.88 bits per heavy atom. The summed E-state index contributed by atoms with van der Waals surface area (Å²) >= 11 is 0. The quantitative estimate of drug-likeness (QED) is 0.695. The molecule has 0 atom stereocenters. The van der Waals surface area contributed by atoms with E-state index in [9.17, 15) is 5.11 Å². The molecule has 1 saturated carbocycles. The summed E-state index contributed by atoms with van der Waals surface area (Å²) in [5.41, 5.74) is 13.1. The van der Waals surface area contributed by atoms with Crippen LogP contribution in [0.15, 0.2) is 18.2 Å². The van der Waals surface area contributed by atoms with E-state index >= 15 is 0 Å². The first-order valence-electron chi connectivity index (χ1n) is 6.09. The van der Waals surface area contributed by atoms with Crippen molar-refractivity contribution >= 4 is 17.1 Å². The Balaban J connectivity index is 2.08. The molecule has 0 spiro atoms. The number of hydrogen-bond donors (Lipinski definition) is 3. The first kappa shape index (κ1) is 12.0. The van der Waals surface area contributed by atoms with Crippen molar-refractivity contribution in [2.45, 2.75) is 31.3 Å². The van der Waals surface area contributed by atoms with Crippen molar-refractivity contribution in [1.29, 1.82) is 0 Å². The summed E-state index contributed by atoms with van der Waals surface area (Å²) in [6.07, 6.45) is 4.02. The van der Waals surface area contributed by atoms with E-state index in [0.717, 1.165) is 31.4 Å². The Hall–Kier alpha value is -1.42. The number of nitrogens with zero attached hydrogens (tertiary/aromatic N) is 1. The average Bonchev–Trinajstić information content (AvgIpc) is 2.69. The minimum atomic E-state index is -0.537. The lowest BCUT2D eigenvalue weighted by Crippen LogP contribution is -2.39. The van der Waals surface area contributed by atoms with Crippen LogP contribution in [0.4, 0.5) is 17.1 Å². The fourth-order valence-electron chi connectivity index (χ4n) is 2.52. The number of hydrogen-bond acceptors (Lipinski definition) is 4. The van der Waals surface area contributed by atoms with E-state index in [-0.39, 0.29) is 0 Å². The van der Waals surface area contributed by atoms with Crippen molar-refractivity contribution in [2.24, 2.45) is 0 Å². The standard InChI is InChI=1S/C13H21N3O/c1-16(9-13(17)6-2-3-7-13)10-4-5-11(14)12(15)8-10/h4-5,8,17H,2-3,6-7,9,14-15H2,1H3. The van der Waals surface area contributed by atoms with Crippen LogP contribution in [-0.4, -0.2) is 24.3 Å². The van der Waals surface area contributed by atoms with E-state index in [1.165, 1.54) is 0 Å². The molecule has 94 valence electrons. The first-order valence-corrected chi connectivity index (χ1v) is 6.09. The molecule has 2 rings (SSSR count). The van der Waals surface area contributed by atoms with Gasteiger partial charge in [0.15, 0.2) is 0 Å². The molecule has 4 nitrogen and oxygen atoms in total. The third-order valence-corrected chi connectivity index (χ3v) is 3.58. The second kappa shape index (κ2) is 4.45. The molecule has 0 saturated heterocycles. The van der Waals surface area contributed by atoms with Crippen molar-refractivity contribution in [2.75, 3.05) is 30.0 Å². The van der Waals surface area contributed by atoms with Gasteiger partial charge in [0, 0.05) is 19.3 Å². The SMILES string of the molecule is CN(CC1(O)CCCC1)c1ccc(N)c(N)c1. The summed E-state index contributed by atoms with van der Waals surface area (Å²) in [7, 11) is 1.97. The predicted molar refractivity (Wildman–Crippen MR) is 72.0 cm³/mol. The minimum Gasteiger partial charge on any atom is -0.397 e. The number of aliphatic hydroxyl groups is 1. The highest BCUT2D eigenvalue weighted by Crippen LogP contribution is 2.31. The molecule has 1 fully saturated rings. The molecule has 5 N–H and O–H groups in total. The summed E-state index contributed by atoms with van der Waals surface area (Å²) in [4.78, 5) is 2.04.